The standard InChI is InChI=1S/C17H42O9Si5.C10H26O5Si4.C10H26O3Si3.2C9H24O5Si4.C9H24O3Si3/c1-9-20-31(21-10-2,22-11-3)14-12-13-19-17(18)16(4)15-30(8)25-28(6)23-27(5)24-29(7)26-30;1-9(10(2)11)8-19(7)14-16(3)12-18(5,6)13-17(4)15-19;1-9(10(2)11)8-16(7,12-14(3)4)13-15(5)6;1-9(10)7-8-18(6)13-15(2)11-17(4,5)12-16(3)14-18;1-8(9(2)10)7-18(6)13-16(4)11-15(3)12-17(5)14-18;1-9(10)7-8-15(6,11-13(2)3)12-14(4)5/h16,27-29H,9-15H2,1-8H3;9,16-17H,8H2,1-7H3;9,14-15H,8H2,1-7H3;15-16H,7-8H2,1-6H3;8,15-17H,7H2,1-6H3;13-14H,7-8H2,1-6H3. The van der Waals surface area contributed by atoms with Crippen molar-refractivity contribution in [2.24, 2.45) is 23.7 Å². The maximum absolute atomic E-state index is 12.6. The first-order valence-corrected chi connectivity index (χ1v) is 97.2. The highest BCUT2D eigenvalue weighted by molar-refractivity contribution is 6.87. The summed E-state index contributed by atoms with van der Waals surface area (Å²) in [6, 6.07) is 4.85. The summed E-state index contributed by atoms with van der Waals surface area (Å²) in [6.07, 6.45) is 1.75. The number of ketones is 5. The average Bonchev–Trinajstić information content (AvgIpc) is 0.832. The van der Waals surface area contributed by atoms with Crippen LogP contribution in [0.1, 0.15) is 102 Å². The Morgan fingerprint density at radius 3 is 0.906 bits per heavy atom. The van der Waals surface area contributed by atoms with E-state index < -0.39 is 206 Å². The van der Waals surface area contributed by atoms with Gasteiger partial charge in [-0.3, -0.25) is 19.2 Å². The van der Waals surface area contributed by atoms with E-state index in [-0.39, 0.29) is 58.6 Å². The van der Waals surface area contributed by atoms with Gasteiger partial charge in [0.15, 0.2) is 36.2 Å². The molecule has 0 aromatic carbocycles. The second kappa shape index (κ2) is 58.5. The Bertz CT molecular complexity index is 2750. The van der Waals surface area contributed by atoms with E-state index in [2.05, 4.69) is 65.5 Å². The van der Waals surface area contributed by atoms with Gasteiger partial charge in [-0.2, -0.15) is 0 Å². The Morgan fingerprint density at radius 2 is 0.632 bits per heavy atom. The summed E-state index contributed by atoms with van der Waals surface area (Å²) in [6.45, 7) is 81.3. The molecule has 0 radical (unpaired) electrons. The van der Waals surface area contributed by atoms with Gasteiger partial charge in [-0.05, 0) is 275 Å². The van der Waals surface area contributed by atoms with Gasteiger partial charge < -0.3 is 110 Å². The lowest BCUT2D eigenvalue weighted by atomic mass is 10.1. The molecule has 0 aliphatic carbocycles. The number of Topliss-reactive ketones (excluding diaryl/α,β-unsaturated/α-hetero) is 5. The van der Waals surface area contributed by atoms with Crippen LogP contribution in [0.25, 0.3) is 0 Å². The van der Waals surface area contributed by atoms with Crippen LogP contribution in [-0.2, 0) is 129 Å². The fraction of sp³-hybridized carbons (Fsp3) is 0.906. The van der Waals surface area contributed by atoms with E-state index in [1.54, 1.807) is 34.6 Å². The molecule has 4 heterocycles. The average molecular weight is 2060 g/mol. The van der Waals surface area contributed by atoms with Gasteiger partial charge in [0.1, 0.15) is 28.9 Å². The van der Waals surface area contributed by atoms with Gasteiger partial charge in [0.2, 0.25) is 0 Å². The van der Waals surface area contributed by atoms with Crippen molar-refractivity contribution in [2.75, 3.05) is 26.4 Å². The third-order valence-corrected chi connectivity index (χ3v) is 97.3. The highest BCUT2D eigenvalue weighted by Crippen LogP contribution is 2.32. The Kier molecular flexibility index (Phi) is 60.5. The minimum Gasteiger partial charge on any atom is -0.465 e. The van der Waals surface area contributed by atoms with E-state index in [0.29, 0.717) is 75.9 Å². The zero-order chi connectivity index (χ0) is 91.2. The number of ether oxygens (including phenoxy) is 1. The van der Waals surface area contributed by atoms with Gasteiger partial charge in [-0.25, -0.2) is 0 Å². The molecule has 0 saturated carbocycles. The van der Waals surface area contributed by atoms with Crippen LogP contribution in [-0.4, -0.2) is 268 Å². The van der Waals surface area contributed by atoms with Gasteiger partial charge in [-0.1, -0.05) is 27.7 Å². The fourth-order valence-corrected chi connectivity index (χ4v) is 101. The molecule has 4 rings (SSSR count). The second-order valence-electron chi connectivity index (χ2n) is 33.8. The lowest BCUT2D eigenvalue weighted by Crippen LogP contribution is -2.57. The van der Waals surface area contributed by atoms with E-state index in [4.69, 9.17) is 100 Å². The molecule has 4 saturated heterocycles. The number of rotatable bonds is 36. The lowest BCUT2D eigenvalue weighted by Gasteiger charge is -2.40. The smallest absolute Gasteiger partial charge is 0.465 e. The molecule has 12 unspecified atom stereocenters. The van der Waals surface area contributed by atoms with E-state index in [1.165, 1.54) is 0 Å². The normalized spacial score (nSPS) is 29.0. The first-order valence-electron chi connectivity index (χ1n) is 42.4. The fourth-order valence-electron chi connectivity index (χ4n) is 13.7. The highest BCUT2D eigenvalue weighted by atomic mass is 28.5. The summed E-state index contributed by atoms with van der Waals surface area (Å²) in [4.78, 5) is 68.9. The molecule has 694 valence electrons. The predicted molar refractivity (Wildman–Crippen MR) is 521 cm³/mol. The molecule has 0 aromatic rings. The van der Waals surface area contributed by atoms with Crippen molar-refractivity contribution < 1.29 is 129 Å². The van der Waals surface area contributed by atoms with Crippen LogP contribution in [0.15, 0.2) is 0 Å². The molecule has 53 heteroatoms. The third-order valence-electron chi connectivity index (χ3n) is 17.6. The van der Waals surface area contributed by atoms with Crippen LogP contribution < -0.4 is 0 Å². The summed E-state index contributed by atoms with van der Waals surface area (Å²) in [5, 5.41) is 0. The molecule has 0 N–H and O–H groups in total. The molecule has 4 aliphatic heterocycles. The number of carbonyl (C=O) groups excluding carboxylic acids is 6. The van der Waals surface area contributed by atoms with Gasteiger partial charge in [-0.15, -0.1) is 0 Å². The van der Waals surface area contributed by atoms with Gasteiger partial charge >= 0.3 is 120 Å². The maximum Gasteiger partial charge on any atom is 0.501 e. The van der Waals surface area contributed by atoms with Gasteiger partial charge in [0.05, 0.1) is 12.5 Å². The molecular weight excluding hydrogens is 1890 g/mol. The predicted octanol–water partition coefficient (Wildman–Crippen LogP) is 10.8. The van der Waals surface area contributed by atoms with Gasteiger partial charge in [0.25, 0.3) is 55.7 Å². The number of carbonyl (C=O) groups is 6. The molecule has 0 aromatic heterocycles. The van der Waals surface area contributed by atoms with E-state index in [9.17, 15) is 28.8 Å². The molecule has 4 fully saturated rings. The molecule has 4 aliphatic rings. The first-order chi connectivity index (χ1) is 53.4. The molecule has 12 atom stereocenters. The third kappa shape index (κ3) is 57.5. The highest BCUT2D eigenvalue weighted by Gasteiger charge is 2.48. The SMILES string of the molecule is CC(=O)C(C)C[Si](C)(O[SiH](C)C)O[SiH](C)C.CC(=O)C(C)C[Si]1(C)O[SiH](C)O[SiH](C)O[SiH](C)O1.CC(=O)C(C)C[Si]1(C)O[SiH](C)O[Si](C)(C)O[SiH](C)O1.CC(=O)CC[Si](C)(O[SiH](C)C)O[SiH](C)C.CC(=O)CC[Si]1(C)O[SiH](C)O[Si](C)(C)O[SiH](C)O1.CCO[Si](CCCOC(=O)C(C)C[Si]1(C)O[SiH](C)O[SiH](C)O[SiH](C)O1)(OCC)OCC. The zero-order valence-corrected chi connectivity index (χ0v) is 105. The summed E-state index contributed by atoms with van der Waals surface area (Å²) in [5.74, 6) is 0.485. The monoisotopic (exact) mass is 2060 g/mol. The van der Waals surface area contributed by atoms with Crippen LogP contribution in [0.2, 0.25) is 226 Å². The van der Waals surface area contributed by atoms with Crippen LogP contribution >= 0.6 is 0 Å². The molecule has 0 amide bonds. The molecule has 0 spiro atoms. The molecule has 0 bridgehead atoms. The van der Waals surface area contributed by atoms with Crippen LogP contribution in [0.3, 0.4) is 0 Å². The Labute approximate surface area is 742 Å². The quantitative estimate of drug-likeness (QED) is 0.0319. The van der Waals surface area contributed by atoms with E-state index >= 15 is 0 Å². The van der Waals surface area contributed by atoms with Crippen LogP contribution in [0.4, 0.5) is 0 Å². The molecular formula is C64H166O30Si23. The summed E-state index contributed by atoms with van der Waals surface area (Å²) >= 11 is 0. The summed E-state index contributed by atoms with van der Waals surface area (Å²) in [7, 11) is -42.1. The Hall–Kier alpha value is 1.89. The van der Waals surface area contributed by atoms with Crippen molar-refractivity contribution in [1.82, 2.24) is 0 Å². The number of hydrogen-bond acceptors (Lipinski definition) is 30. The number of esters is 1. The second-order valence-corrected chi connectivity index (χ2v) is 97.6. The molecule has 117 heavy (non-hydrogen) atoms. The largest absolute Gasteiger partial charge is 0.501 e. The van der Waals surface area contributed by atoms with Crippen molar-refractivity contribution in [1.29, 1.82) is 0 Å². The van der Waals surface area contributed by atoms with Crippen LogP contribution in [0.5, 0.6) is 0 Å². The molecule has 30 nitrogen and oxygen atoms in total. The minimum absolute atomic E-state index is 0.0156. The Morgan fingerprint density at radius 1 is 0.359 bits per heavy atom. The van der Waals surface area contributed by atoms with Crippen LogP contribution in [0, 0.1) is 23.7 Å². The van der Waals surface area contributed by atoms with Crippen molar-refractivity contribution >= 4 is 241 Å². The summed E-state index contributed by atoms with van der Waals surface area (Å²) < 4.78 is 144. The van der Waals surface area contributed by atoms with Crippen molar-refractivity contribution in [2.45, 2.75) is 328 Å². The minimum atomic E-state index is -2.71. The van der Waals surface area contributed by atoms with Gasteiger partial charge in [0, 0.05) is 62.5 Å². The first kappa shape index (κ1) is 121. The topological polar surface area (TPSA) is 324 Å². The Balaban J connectivity index is 0. The van der Waals surface area contributed by atoms with Crippen molar-refractivity contribution in [3.8, 4) is 0 Å². The van der Waals surface area contributed by atoms with Crippen molar-refractivity contribution in [3.05, 3.63) is 0 Å². The zero-order valence-electron chi connectivity index (χ0n) is 80.0. The maximum atomic E-state index is 12.6. The van der Waals surface area contributed by atoms with E-state index in [0.717, 1.165) is 12.1 Å². The number of hydrogen-bond donors (Lipinski definition) is 0. The van der Waals surface area contributed by atoms with E-state index in [1.807, 2.05) is 166 Å². The lowest BCUT2D eigenvalue weighted by molar-refractivity contribution is -0.147. The van der Waals surface area contributed by atoms with Crippen molar-refractivity contribution in [3.63, 3.8) is 0 Å². The summed E-state index contributed by atoms with van der Waals surface area (Å²) in [5.41, 5.74) is 0.